The maximum atomic E-state index is 11.9. The highest BCUT2D eigenvalue weighted by atomic mass is 32.2. The molecule has 1 heterocycles. The molecule has 0 unspecified atom stereocenters. The van der Waals surface area contributed by atoms with E-state index in [0.717, 1.165) is 0 Å². The highest BCUT2D eigenvalue weighted by Crippen LogP contribution is 2.08. The van der Waals surface area contributed by atoms with Crippen LogP contribution in [0.15, 0.2) is 6.20 Å². The molecule has 0 saturated carbocycles. The van der Waals surface area contributed by atoms with Crippen LogP contribution in [0.3, 0.4) is 0 Å². The van der Waals surface area contributed by atoms with Crippen LogP contribution >= 0.6 is 0 Å². The smallest absolute Gasteiger partial charge is 0.271 e. The van der Waals surface area contributed by atoms with Crippen LogP contribution in [0.25, 0.3) is 0 Å². The van der Waals surface area contributed by atoms with Crippen molar-refractivity contribution in [2.24, 2.45) is 7.05 Å². The van der Waals surface area contributed by atoms with Crippen molar-refractivity contribution >= 4 is 21.6 Å². The van der Waals surface area contributed by atoms with Gasteiger partial charge in [0.2, 0.25) is 10.0 Å². The molecule has 0 aromatic carbocycles. The Labute approximate surface area is 119 Å². The molecule has 114 valence electrons. The van der Waals surface area contributed by atoms with Crippen molar-refractivity contribution in [3.8, 4) is 0 Å². The number of carbonyl (C=O) groups is 1. The Morgan fingerprint density at radius 2 is 2.20 bits per heavy atom. The van der Waals surface area contributed by atoms with E-state index in [2.05, 4.69) is 10.4 Å². The van der Waals surface area contributed by atoms with Gasteiger partial charge in [-0.25, -0.2) is 12.7 Å². The molecule has 0 fully saturated rings. The minimum atomic E-state index is -3.19. The number of hydrogen-bond acceptors (Lipinski definition) is 5. The van der Waals surface area contributed by atoms with Crippen LogP contribution in [0.1, 0.15) is 23.8 Å². The fraction of sp³-hybridized carbons (Fsp3) is 0.636. The zero-order valence-corrected chi connectivity index (χ0v) is 12.8. The molecule has 0 saturated heterocycles. The summed E-state index contributed by atoms with van der Waals surface area (Å²) >= 11 is 0. The summed E-state index contributed by atoms with van der Waals surface area (Å²) in [5, 5.41) is 6.58. The summed E-state index contributed by atoms with van der Waals surface area (Å²) in [4.78, 5) is 11.9. The van der Waals surface area contributed by atoms with Crippen LogP contribution in [0.4, 0.5) is 5.69 Å². The van der Waals surface area contributed by atoms with Crippen LogP contribution in [-0.2, 0) is 17.1 Å². The second kappa shape index (κ2) is 6.71. The van der Waals surface area contributed by atoms with Crippen LogP contribution in [0.5, 0.6) is 0 Å². The molecular weight excluding hydrogens is 282 g/mol. The Morgan fingerprint density at radius 1 is 1.55 bits per heavy atom. The average molecular weight is 303 g/mol. The molecule has 1 amide bonds. The molecule has 3 N–H and O–H groups in total. The first kappa shape index (κ1) is 16.4. The number of rotatable bonds is 7. The van der Waals surface area contributed by atoms with Crippen molar-refractivity contribution in [2.75, 3.05) is 31.6 Å². The Kier molecular flexibility index (Phi) is 5.52. The molecule has 0 bridgehead atoms. The molecule has 20 heavy (non-hydrogen) atoms. The quantitative estimate of drug-likeness (QED) is 0.654. The Balaban J connectivity index is 2.44. The molecule has 0 atom stereocenters. The lowest BCUT2D eigenvalue weighted by Crippen LogP contribution is -2.34. The largest absolute Gasteiger partial charge is 0.396 e. The fourth-order valence-electron chi connectivity index (χ4n) is 1.83. The second-order valence-corrected chi connectivity index (χ2v) is 6.42. The van der Waals surface area contributed by atoms with Crippen molar-refractivity contribution in [1.29, 1.82) is 0 Å². The van der Waals surface area contributed by atoms with E-state index in [1.807, 2.05) is 0 Å². The maximum Gasteiger partial charge on any atom is 0.271 e. The summed E-state index contributed by atoms with van der Waals surface area (Å²) in [5.41, 5.74) is 6.26. The van der Waals surface area contributed by atoms with Crippen LogP contribution < -0.4 is 11.1 Å². The van der Waals surface area contributed by atoms with Crippen molar-refractivity contribution in [1.82, 2.24) is 19.4 Å². The third-order valence-electron chi connectivity index (χ3n) is 2.87. The Hall–Kier alpha value is -1.61. The Bertz CT molecular complexity index is 547. The number of nitrogens with one attached hydrogen (secondary N) is 1. The Morgan fingerprint density at radius 3 is 2.65 bits per heavy atom. The average Bonchev–Trinajstić information content (AvgIpc) is 2.67. The number of hydrogen-bond donors (Lipinski definition) is 2. The number of aromatic nitrogens is 2. The minimum Gasteiger partial charge on any atom is -0.396 e. The van der Waals surface area contributed by atoms with Crippen molar-refractivity contribution < 1.29 is 13.2 Å². The van der Waals surface area contributed by atoms with E-state index >= 15 is 0 Å². The molecule has 9 heteroatoms. The summed E-state index contributed by atoms with van der Waals surface area (Å²) in [7, 11) is -1.55. The van der Waals surface area contributed by atoms with Crippen LogP contribution in [0.2, 0.25) is 0 Å². The predicted octanol–water partition coefficient (Wildman–Crippen LogP) is -0.596. The van der Waals surface area contributed by atoms with E-state index in [9.17, 15) is 13.2 Å². The van der Waals surface area contributed by atoms with Gasteiger partial charge in [0.15, 0.2) is 0 Å². The van der Waals surface area contributed by atoms with E-state index in [1.54, 1.807) is 14.0 Å². The summed E-state index contributed by atoms with van der Waals surface area (Å²) in [6, 6.07) is 0. The number of nitrogens with two attached hydrogens (primary N) is 1. The molecule has 1 aromatic rings. The lowest BCUT2D eigenvalue weighted by Gasteiger charge is -2.17. The molecule has 0 aliphatic rings. The zero-order valence-electron chi connectivity index (χ0n) is 12.0. The molecule has 0 aliphatic heterocycles. The molecule has 0 spiro atoms. The molecule has 1 rings (SSSR count). The van der Waals surface area contributed by atoms with Crippen molar-refractivity contribution in [3.63, 3.8) is 0 Å². The summed E-state index contributed by atoms with van der Waals surface area (Å²) in [6.07, 6.45) is 3.12. The molecule has 0 aliphatic carbocycles. The van der Waals surface area contributed by atoms with Crippen LogP contribution in [-0.4, -0.2) is 54.3 Å². The minimum absolute atomic E-state index is 0.306. The summed E-state index contributed by atoms with van der Waals surface area (Å²) in [6.45, 7) is 2.93. The monoisotopic (exact) mass is 303 g/mol. The van der Waals surface area contributed by atoms with Gasteiger partial charge in [-0.15, -0.1) is 0 Å². The van der Waals surface area contributed by atoms with Crippen molar-refractivity contribution in [2.45, 2.75) is 13.3 Å². The van der Waals surface area contributed by atoms with Gasteiger partial charge in [-0.1, -0.05) is 6.92 Å². The van der Waals surface area contributed by atoms with E-state index in [4.69, 9.17) is 5.73 Å². The zero-order chi connectivity index (χ0) is 15.3. The van der Waals surface area contributed by atoms with Crippen molar-refractivity contribution in [3.05, 3.63) is 11.9 Å². The number of carbonyl (C=O) groups excluding carboxylic acids is 1. The van der Waals surface area contributed by atoms with Gasteiger partial charge in [-0.2, -0.15) is 5.10 Å². The first-order valence-corrected chi connectivity index (χ1v) is 8.13. The molecule has 0 radical (unpaired) electrons. The van der Waals surface area contributed by atoms with Gasteiger partial charge in [0.25, 0.3) is 5.91 Å². The highest BCUT2D eigenvalue weighted by molar-refractivity contribution is 7.88. The van der Waals surface area contributed by atoms with Gasteiger partial charge in [0.05, 0.1) is 18.1 Å². The summed E-state index contributed by atoms with van der Waals surface area (Å²) in [5.74, 6) is -0.315. The lowest BCUT2D eigenvalue weighted by molar-refractivity contribution is 0.0944. The van der Waals surface area contributed by atoms with Gasteiger partial charge in [0, 0.05) is 26.7 Å². The molecular formula is C11H21N5O3S. The van der Waals surface area contributed by atoms with Crippen LogP contribution in [0, 0.1) is 0 Å². The second-order valence-electron chi connectivity index (χ2n) is 4.44. The van der Waals surface area contributed by atoms with E-state index in [-0.39, 0.29) is 5.91 Å². The number of amides is 1. The number of sulfonamides is 1. The molecule has 8 nitrogen and oxygen atoms in total. The predicted molar refractivity (Wildman–Crippen MR) is 76.7 cm³/mol. The normalized spacial score (nSPS) is 11.8. The third kappa shape index (κ3) is 4.20. The van der Waals surface area contributed by atoms with E-state index in [0.29, 0.717) is 37.4 Å². The van der Waals surface area contributed by atoms with Gasteiger partial charge >= 0.3 is 0 Å². The number of nitrogen functional groups attached to an aromatic ring is 1. The summed E-state index contributed by atoms with van der Waals surface area (Å²) < 4.78 is 25.5. The van der Waals surface area contributed by atoms with Gasteiger partial charge in [-0.05, 0) is 6.42 Å². The topological polar surface area (TPSA) is 110 Å². The standard InChI is InChI=1S/C11H21N5O3S/c1-4-16(20(3,18)19)7-5-6-13-11(17)10-9(12)8-14-15(10)2/h8H,4-7,12H2,1-3H3,(H,13,17). The lowest BCUT2D eigenvalue weighted by atomic mass is 10.3. The van der Waals surface area contributed by atoms with Gasteiger partial charge < -0.3 is 11.1 Å². The van der Waals surface area contributed by atoms with Gasteiger partial charge in [0.1, 0.15) is 5.69 Å². The highest BCUT2D eigenvalue weighted by Gasteiger charge is 2.16. The van der Waals surface area contributed by atoms with E-state index in [1.165, 1.54) is 21.4 Å². The first-order valence-electron chi connectivity index (χ1n) is 6.28. The van der Waals surface area contributed by atoms with E-state index < -0.39 is 10.0 Å². The van der Waals surface area contributed by atoms with Gasteiger partial charge in [-0.3, -0.25) is 9.48 Å². The molecule has 1 aromatic heterocycles. The number of aryl methyl sites for hydroxylation is 1. The third-order valence-corrected chi connectivity index (χ3v) is 4.25. The number of anilines is 1. The number of nitrogens with zero attached hydrogens (tertiary/aromatic N) is 3. The first-order chi connectivity index (χ1) is 9.27. The SMILES string of the molecule is CCN(CCCNC(=O)c1c(N)cnn1C)S(C)(=O)=O. The fourth-order valence-corrected chi connectivity index (χ4v) is 2.76. The maximum absolute atomic E-state index is 11.9.